The predicted octanol–water partition coefficient (Wildman–Crippen LogP) is 0.935. The highest BCUT2D eigenvalue weighted by Crippen LogP contribution is 2.01. The van der Waals surface area contributed by atoms with Gasteiger partial charge in [0.2, 0.25) is 0 Å². The van der Waals surface area contributed by atoms with Crippen molar-refractivity contribution in [3.63, 3.8) is 0 Å². The maximum Gasteiger partial charge on any atom is 0.351 e. The summed E-state index contributed by atoms with van der Waals surface area (Å²) in [5.41, 5.74) is 0.482. The molecular formula is C13H17N5O. The van der Waals surface area contributed by atoms with Crippen LogP contribution >= 0.6 is 0 Å². The summed E-state index contributed by atoms with van der Waals surface area (Å²) >= 11 is 0. The van der Waals surface area contributed by atoms with Crippen LogP contribution < -0.4 is 5.69 Å². The van der Waals surface area contributed by atoms with Gasteiger partial charge in [0.15, 0.2) is 5.65 Å². The largest absolute Gasteiger partial charge is 0.351 e. The van der Waals surface area contributed by atoms with Gasteiger partial charge in [0, 0.05) is 12.7 Å². The summed E-state index contributed by atoms with van der Waals surface area (Å²) in [5, 5.41) is 13.1. The molecular weight excluding hydrogens is 242 g/mol. The standard InChI is InChI=1S/C13H17N5O/c1-3-16(9-11(2)8-14)10-18-13(19)17-7-5-4-6-12(17)15-18/h4-7,11H,3,9-10H2,1-2H3/t11-/m1/s1. The molecule has 6 nitrogen and oxygen atoms in total. The molecule has 0 amide bonds. The molecule has 0 aliphatic carbocycles. The molecule has 2 aromatic heterocycles. The minimum absolute atomic E-state index is 0.0623. The van der Waals surface area contributed by atoms with Crippen LogP contribution in [0.5, 0.6) is 0 Å². The molecule has 0 fully saturated rings. The summed E-state index contributed by atoms with van der Waals surface area (Å²) < 4.78 is 2.95. The van der Waals surface area contributed by atoms with Crippen molar-refractivity contribution in [1.29, 1.82) is 5.26 Å². The Bertz CT molecular complexity index is 651. The maximum atomic E-state index is 12.1. The molecule has 0 bridgehead atoms. The molecule has 0 aromatic carbocycles. The zero-order valence-corrected chi connectivity index (χ0v) is 11.2. The van der Waals surface area contributed by atoms with Crippen LogP contribution in [0.15, 0.2) is 29.2 Å². The molecule has 0 unspecified atom stereocenters. The zero-order chi connectivity index (χ0) is 13.8. The quantitative estimate of drug-likeness (QED) is 0.801. The van der Waals surface area contributed by atoms with Gasteiger partial charge < -0.3 is 0 Å². The van der Waals surface area contributed by atoms with Crippen LogP contribution in [0, 0.1) is 17.2 Å². The average Bonchev–Trinajstić information content (AvgIpc) is 2.75. The van der Waals surface area contributed by atoms with E-state index in [0.717, 1.165) is 6.54 Å². The smallest absolute Gasteiger partial charge is 0.283 e. The van der Waals surface area contributed by atoms with Gasteiger partial charge in [0.1, 0.15) is 0 Å². The highest BCUT2D eigenvalue weighted by Gasteiger charge is 2.12. The van der Waals surface area contributed by atoms with E-state index in [1.165, 1.54) is 9.08 Å². The molecule has 2 heterocycles. The van der Waals surface area contributed by atoms with Gasteiger partial charge in [-0.25, -0.2) is 4.79 Å². The van der Waals surface area contributed by atoms with E-state index >= 15 is 0 Å². The molecule has 19 heavy (non-hydrogen) atoms. The van der Waals surface area contributed by atoms with E-state index in [0.29, 0.717) is 18.9 Å². The third-order valence-corrected chi connectivity index (χ3v) is 3.02. The van der Waals surface area contributed by atoms with Crippen LogP contribution in [0.4, 0.5) is 0 Å². The summed E-state index contributed by atoms with van der Waals surface area (Å²) in [4.78, 5) is 14.1. The van der Waals surface area contributed by atoms with Crippen LogP contribution in [0.25, 0.3) is 5.65 Å². The lowest BCUT2D eigenvalue weighted by atomic mass is 10.2. The molecule has 100 valence electrons. The SMILES string of the molecule is CCN(C[C@H](C)C#N)Cn1nc2ccccn2c1=O. The van der Waals surface area contributed by atoms with E-state index in [1.807, 2.05) is 24.8 Å². The predicted molar refractivity (Wildman–Crippen MR) is 71.5 cm³/mol. The zero-order valence-electron chi connectivity index (χ0n) is 11.2. The highest BCUT2D eigenvalue weighted by atomic mass is 16.2. The molecule has 0 N–H and O–H groups in total. The van der Waals surface area contributed by atoms with Gasteiger partial charge >= 0.3 is 5.69 Å². The summed E-state index contributed by atoms with van der Waals surface area (Å²) in [6.45, 7) is 5.68. The van der Waals surface area contributed by atoms with E-state index < -0.39 is 0 Å². The number of fused-ring (bicyclic) bond motifs is 1. The van der Waals surface area contributed by atoms with Gasteiger partial charge in [-0.15, -0.1) is 5.10 Å². The Morgan fingerprint density at radius 3 is 2.95 bits per heavy atom. The van der Waals surface area contributed by atoms with Gasteiger partial charge in [0.05, 0.1) is 18.7 Å². The number of hydrogen-bond acceptors (Lipinski definition) is 4. The fraction of sp³-hybridized carbons (Fsp3) is 0.462. The van der Waals surface area contributed by atoms with Crippen LogP contribution in [0.3, 0.4) is 0 Å². The van der Waals surface area contributed by atoms with Crippen LogP contribution in [0.2, 0.25) is 0 Å². The van der Waals surface area contributed by atoms with Crippen molar-refractivity contribution >= 4 is 5.65 Å². The van der Waals surface area contributed by atoms with Crippen molar-refractivity contribution in [3.05, 3.63) is 34.9 Å². The molecule has 1 atom stereocenters. The summed E-state index contributed by atoms with van der Waals surface area (Å²) in [6.07, 6.45) is 1.70. The molecule has 0 radical (unpaired) electrons. The number of rotatable bonds is 5. The third kappa shape index (κ3) is 2.83. The fourth-order valence-electron chi connectivity index (χ4n) is 1.96. The van der Waals surface area contributed by atoms with Crippen molar-refractivity contribution in [2.24, 2.45) is 5.92 Å². The van der Waals surface area contributed by atoms with Crippen LogP contribution in [-0.2, 0) is 6.67 Å². The van der Waals surface area contributed by atoms with Crippen molar-refractivity contribution in [2.75, 3.05) is 13.1 Å². The van der Waals surface area contributed by atoms with Crippen molar-refractivity contribution in [2.45, 2.75) is 20.5 Å². The third-order valence-electron chi connectivity index (χ3n) is 3.02. The summed E-state index contributed by atoms with van der Waals surface area (Å²) in [5.74, 6) is -0.0623. The highest BCUT2D eigenvalue weighted by molar-refractivity contribution is 5.35. The Balaban J connectivity index is 2.23. The Hall–Kier alpha value is -2.13. The normalized spacial score (nSPS) is 12.7. The average molecular weight is 259 g/mol. The van der Waals surface area contributed by atoms with E-state index in [1.54, 1.807) is 18.3 Å². The Morgan fingerprint density at radius 2 is 2.32 bits per heavy atom. The number of nitriles is 1. The van der Waals surface area contributed by atoms with E-state index in [4.69, 9.17) is 5.26 Å². The molecule has 0 aliphatic heterocycles. The number of aromatic nitrogens is 3. The van der Waals surface area contributed by atoms with Crippen LogP contribution in [-0.4, -0.2) is 32.2 Å². The first-order chi connectivity index (χ1) is 9.15. The number of hydrogen-bond donors (Lipinski definition) is 0. The lowest BCUT2D eigenvalue weighted by Crippen LogP contribution is -2.35. The van der Waals surface area contributed by atoms with Crippen LogP contribution in [0.1, 0.15) is 13.8 Å². The summed E-state index contributed by atoms with van der Waals surface area (Å²) in [7, 11) is 0. The van der Waals surface area contributed by atoms with Crippen molar-refractivity contribution < 1.29 is 0 Å². The maximum absolute atomic E-state index is 12.1. The first-order valence-corrected chi connectivity index (χ1v) is 6.32. The van der Waals surface area contributed by atoms with Gasteiger partial charge in [-0.2, -0.15) is 9.94 Å². The lowest BCUT2D eigenvalue weighted by molar-refractivity contribution is 0.200. The van der Waals surface area contributed by atoms with Gasteiger partial charge in [0.25, 0.3) is 0 Å². The lowest BCUT2D eigenvalue weighted by Gasteiger charge is -2.20. The Kier molecular flexibility index (Phi) is 3.97. The van der Waals surface area contributed by atoms with E-state index in [-0.39, 0.29) is 11.6 Å². The molecule has 0 aliphatic rings. The Morgan fingerprint density at radius 1 is 1.53 bits per heavy atom. The minimum atomic E-state index is -0.154. The number of pyridine rings is 1. The van der Waals surface area contributed by atoms with E-state index in [9.17, 15) is 4.79 Å². The molecule has 2 aromatic rings. The Labute approximate surface area is 111 Å². The van der Waals surface area contributed by atoms with E-state index in [2.05, 4.69) is 11.2 Å². The molecule has 0 saturated heterocycles. The molecule has 2 rings (SSSR count). The molecule has 0 spiro atoms. The minimum Gasteiger partial charge on any atom is -0.283 e. The number of nitrogens with zero attached hydrogens (tertiary/aromatic N) is 5. The monoisotopic (exact) mass is 259 g/mol. The van der Waals surface area contributed by atoms with Gasteiger partial charge in [-0.05, 0) is 25.6 Å². The van der Waals surface area contributed by atoms with Crippen molar-refractivity contribution in [1.82, 2.24) is 19.1 Å². The first-order valence-electron chi connectivity index (χ1n) is 6.32. The second kappa shape index (κ2) is 5.67. The second-order valence-electron chi connectivity index (χ2n) is 4.55. The molecule has 0 saturated carbocycles. The first kappa shape index (κ1) is 13.3. The van der Waals surface area contributed by atoms with Gasteiger partial charge in [-0.3, -0.25) is 9.30 Å². The topological polar surface area (TPSA) is 66.3 Å². The second-order valence-corrected chi connectivity index (χ2v) is 4.55. The van der Waals surface area contributed by atoms with Crippen molar-refractivity contribution in [3.8, 4) is 6.07 Å². The summed E-state index contributed by atoms with van der Waals surface area (Å²) in [6, 6.07) is 7.65. The molecule has 6 heteroatoms. The fourth-order valence-corrected chi connectivity index (χ4v) is 1.96. The van der Waals surface area contributed by atoms with Gasteiger partial charge in [-0.1, -0.05) is 13.0 Å².